The molecule has 1 N–H and O–H groups in total. The van der Waals surface area contributed by atoms with Gasteiger partial charge in [0.25, 0.3) is 5.91 Å². The first-order valence-corrected chi connectivity index (χ1v) is 9.89. The molecule has 146 valence electrons. The van der Waals surface area contributed by atoms with Crippen molar-refractivity contribution in [1.29, 1.82) is 0 Å². The van der Waals surface area contributed by atoms with E-state index in [1.165, 1.54) is 4.90 Å². The highest BCUT2D eigenvalue weighted by Crippen LogP contribution is 2.40. The van der Waals surface area contributed by atoms with Crippen molar-refractivity contribution in [2.45, 2.75) is 19.5 Å². The van der Waals surface area contributed by atoms with Gasteiger partial charge in [0.1, 0.15) is 5.76 Å². The predicted octanol–water partition coefficient (Wildman–Crippen LogP) is 5.13. The Balaban J connectivity index is 1.81. The summed E-state index contributed by atoms with van der Waals surface area (Å²) in [6.45, 7) is 1.99. The lowest BCUT2D eigenvalue weighted by molar-refractivity contribution is -0.130. The van der Waals surface area contributed by atoms with E-state index >= 15 is 0 Å². The van der Waals surface area contributed by atoms with Gasteiger partial charge in [0.15, 0.2) is 11.5 Å². The van der Waals surface area contributed by atoms with Crippen LogP contribution in [0.1, 0.15) is 33.5 Å². The lowest BCUT2D eigenvalue weighted by Crippen LogP contribution is -2.30. The fourth-order valence-electron chi connectivity index (χ4n) is 3.54. The number of benzene rings is 2. The number of furan rings is 1. The molecule has 2 aromatic carbocycles. The lowest BCUT2D eigenvalue weighted by Gasteiger charge is -2.27. The normalized spacial score (nSPS) is 16.6. The third-order valence-corrected chi connectivity index (χ3v) is 5.37. The van der Waals surface area contributed by atoms with Gasteiger partial charge in [0.05, 0.1) is 11.6 Å². The van der Waals surface area contributed by atoms with Crippen LogP contribution >= 0.6 is 15.9 Å². The van der Waals surface area contributed by atoms with Crippen LogP contribution in [0.15, 0.2) is 87.0 Å². The van der Waals surface area contributed by atoms with Crippen molar-refractivity contribution >= 4 is 27.6 Å². The van der Waals surface area contributed by atoms with E-state index < -0.39 is 23.5 Å². The van der Waals surface area contributed by atoms with E-state index in [2.05, 4.69) is 15.9 Å². The second-order valence-corrected chi connectivity index (χ2v) is 7.79. The zero-order valence-electron chi connectivity index (χ0n) is 15.6. The molecule has 4 rings (SSSR count). The Bertz CT molecular complexity index is 1120. The Morgan fingerprint density at radius 2 is 1.86 bits per heavy atom. The molecule has 2 heterocycles. The second kappa shape index (κ2) is 7.72. The molecule has 1 atom stereocenters. The number of hydrogen-bond donors (Lipinski definition) is 1. The molecule has 0 bridgehead atoms. The average molecular weight is 452 g/mol. The highest BCUT2D eigenvalue weighted by molar-refractivity contribution is 9.10. The number of hydrogen-bond acceptors (Lipinski definition) is 4. The molecule has 6 heteroatoms. The van der Waals surface area contributed by atoms with Gasteiger partial charge in [-0.1, -0.05) is 58.4 Å². The molecular formula is C23H18BrNO4. The molecule has 0 aliphatic carbocycles. The van der Waals surface area contributed by atoms with E-state index in [4.69, 9.17) is 4.42 Å². The Labute approximate surface area is 176 Å². The average Bonchev–Trinajstić information content (AvgIpc) is 3.25. The first-order valence-electron chi connectivity index (χ1n) is 9.10. The summed E-state index contributed by atoms with van der Waals surface area (Å²) in [6.07, 6.45) is 0. The minimum atomic E-state index is -0.724. The summed E-state index contributed by atoms with van der Waals surface area (Å²) < 4.78 is 6.28. The molecular weight excluding hydrogens is 434 g/mol. The minimum absolute atomic E-state index is 0.0263. The molecule has 0 fully saturated rings. The van der Waals surface area contributed by atoms with Crippen molar-refractivity contribution in [3.8, 4) is 0 Å². The van der Waals surface area contributed by atoms with Gasteiger partial charge in [-0.05, 0) is 42.3 Å². The summed E-state index contributed by atoms with van der Waals surface area (Å²) in [6, 6.07) is 19.3. The molecule has 1 aromatic heterocycles. The molecule has 0 saturated carbocycles. The van der Waals surface area contributed by atoms with Gasteiger partial charge in [-0.15, -0.1) is 0 Å². The van der Waals surface area contributed by atoms with Crippen LogP contribution in [0, 0.1) is 6.92 Å². The van der Waals surface area contributed by atoms with Gasteiger partial charge in [0, 0.05) is 11.0 Å². The lowest BCUT2D eigenvalue weighted by atomic mass is 9.95. The first kappa shape index (κ1) is 19.2. The van der Waals surface area contributed by atoms with E-state index in [9.17, 15) is 14.7 Å². The summed E-state index contributed by atoms with van der Waals surface area (Å²) in [5, 5.41) is 10.7. The number of aliphatic hydroxyl groups excluding tert-OH is 1. The summed E-state index contributed by atoms with van der Waals surface area (Å²) in [5.41, 5.74) is 1.65. The van der Waals surface area contributed by atoms with Crippen LogP contribution in [0.3, 0.4) is 0 Å². The summed E-state index contributed by atoms with van der Waals surface area (Å²) in [4.78, 5) is 27.6. The van der Waals surface area contributed by atoms with E-state index in [1.807, 2.05) is 54.6 Å². The third-order valence-electron chi connectivity index (χ3n) is 4.87. The monoisotopic (exact) mass is 451 g/mol. The van der Waals surface area contributed by atoms with Crippen molar-refractivity contribution < 1.29 is 19.1 Å². The second-order valence-electron chi connectivity index (χ2n) is 6.88. The van der Waals surface area contributed by atoms with Gasteiger partial charge in [0.2, 0.25) is 5.78 Å². The number of aliphatic hydroxyl groups is 1. The maximum atomic E-state index is 13.2. The molecule has 5 nitrogen and oxygen atoms in total. The van der Waals surface area contributed by atoms with E-state index in [0.29, 0.717) is 5.76 Å². The fraction of sp³-hybridized carbons (Fsp3) is 0.130. The number of halogens is 1. The van der Waals surface area contributed by atoms with E-state index in [0.717, 1.165) is 15.6 Å². The van der Waals surface area contributed by atoms with Crippen molar-refractivity contribution in [2.24, 2.45) is 0 Å². The van der Waals surface area contributed by atoms with Crippen LogP contribution in [0.5, 0.6) is 0 Å². The number of carbonyl (C=O) groups excluding carboxylic acids is 2. The van der Waals surface area contributed by atoms with Crippen molar-refractivity contribution in [2.75, 3.05) is 0 Å². The zero-order chi connectivity index (χ0) is 20.5. The highest BCUT2D eigenvalue weighted by atomic mass is 79.9. The first-order chi connectivity index (χ1) is 14.0. The van der Waals surface area contributed by atoms with Crippen LogP contribution in [-0.4, -0.2) is 21.7 Å². The van der Waals surface area contributed by atoms with Crippen LogP contribution in [0.4, 0.5) is 0 Å². The van der Waals surface area contributed by atoms with Crippen LogP contribution < -0.4 is 0 Å². The number of aryl methyl sites for hydroxylation is 1. The standard InChI is InChI=1S/C23H18BrNO4/c1-14-10-11-18(29-14)21(26)19-20(16-8-5-9-17(24)12-16)25(23(28)22(19)27)13-15-6-3-2-4-7-15/h2-12,20,27H,13H2,1H3. The van der Waals surface area contributed by atoms with Crippen molar-refractivity contribution in [1.82, 2.24) is 4.90 Å². The topological polar surface area (TPSA) is 70.8 Å². The molecule has 0 saturated heterocycles. The van der Waals surface area contributed by atoms with Crippen LogP contribution in [-0.2, 0) is 11.3 Å². The molecule has 1 aliphatic heterocycles. The van der Waals surface area contributed by atoms with Crippen molar-refractivity contribution in [3.05, 3.63) is 105 Å². The Kier molecular flexibility index (Phi) is 5.11. The van der Waals surface area contributed by atoms with Crippen molar-refractivity contribution in [3.63, 3.8) is 0 Å². The molecule has 0 radical (unpaired) electrons. The quantitative estimate of drug-likeness (QED) is 0.545. The maximum Gasteiger partial charge on any atom is 0.290 e. The van der Waals surface area contributed by atoms with Gasteiger partial charge in [-0.2, -0.15) is 0 Å². The molecule has 1 unspecified atom stereocenters. The Hall–Kier alpha value is -3.12. The van der Waals surface area contributed by atoms with E-state index in [1.54, 1.807) is 19.1 Å². The Morgan fingerprint density at radius 3 is 2.52 bits per heavy atom. The SMILES string of the molecule is Cc1ccc(C(=O)C2=C(O)C(=O)N(Cc3ccccc3)C2c2cccc(Br)c2)o1. The van der Waals surface area contributed by atoms with Gasteiger partial charge >= 0.3 is 0 Å². The number of rotatable bonds is 5. The predicted molar refractivity (Wildman–Crippen MR) is 111 cm³/mol. The zero-order valence-corrected chi connectivity index (χ0v) is 17.2. The minimum Gasteiger partial charge on any atom is -0.503 e. The number of Topliss-reactive ketones (excluding diaryl/α,β-unsaturated/α-hetero) is 1. The Morgan fingerprint density at radius 1 is 1.10 bits per heavy atom. The molecule has 1 aliphatic rings. The van der Waals surface area contributed by atoms with Gasteiger partial charge in [-0.25, -0.2) is 0 Å². The number of amides is 1. The molecule has 3 aromatic rings. The number of carbonyl (C=O) groups is 2. The molecule has 0 spiro atoms. The van der Waals surface area contributed by atoms with Gasteiger partial charge in [-0.3, -0.25) is 9.59 Å². The summed E-state index contributed by atoms with van der Waals surface area (Å²) in [5.74, 6) is -0.934. The van der Waals surface area contributed by atoms with Crippen LogP contribution in [0.2, 0.25) is 0 Å². The maximum absolute atomic E-state index is 13.2. The molecule has 1 amide bonds. The largest absolute Gasteiger partial charge is 0.503 e. The fourth-order valence-corrected chi connectivity index (χ4v) is 3.96. The van der Waals surface area contributed by atoms with E-state index in [-0.39, 0.29) is 17.9 Å². The number of ketones is 1. The summed E-state index contributed by atoms with van der Waals surface area (Å²) in [7, 11) is 0. The van der Waals surface area contributed by atoms with Crippen LogP contribution in [0.25, 0.3) is 0 Å². The summed E-state index contributed by atoms with van der Waals surface area (Å²) >= 11 is 3.45. The smallest absolute Gasteiger partial charge is 0.290 e. The van der Waals surface area contributed by atoms with Gasteiger partial charge < -0.3 is 14.4 Å². The third kappa shape index (κ3) is 3.63. The highest BCUT2D eigenvalue weighted by Gasteiger charge is 2.44. The number of nitrogens with zero attached hydrogens (tertiary/aromatic N) is 1. The molecule has 29 heavy (non-hydrogen) atoms.